The molecule has 0 amide bonds. The second-order valence-electron chi connectivity index (χ2n) is 6.33. The van der Waals surface area contributed by atoms with Crippen LogP contribution < -0.4 is 11.3 Å². The normalized spacial score (nSPS) is 25.2. The summed E-state index contributed by atoms with van der Waals surface area (Å²) in [6, 6.07) is 0.583. The molecule has 0 aromatic rings. The number of nitrogens with one attached hydrogen (secondary N) is 1. The molecule has 2 saturated carbocycles. The molecule has 0 saturated heterocycles. The highest BCUT2D eigenvalue weighted by molar-refractivity contribution is 4.76. The fraction of sp³-hybridized carbons (Fsp3) is 1.00. The largest absolute Gasteiger partial charge is 0.271 e. The average Bonchev–Trinajstić information content (AvgIpc) is 2.88. The standard InChI is InChI=1S/C15H30N2/c16-17-15(12-14-8-4-5-9-14)11-10-13-6-2-1-3-7-13/h13-15,17H,1-12,16H2. The van der Waals surface area contributed by atoms with Crippen LogP contribution in [0.3, 0.4) is 0 Å². The first kappa shape index (κ1) is 13.4. The summed E-state index contributed by atoms with van der Waals surface area (Å²) in [5, 5.41) is 0. The molecule has 0 spiro atoms. The maximum absolute atomic E-state index is 5.72. The van der Waals surface area contributed by atoms with Gasteiger partial charge in [-0.15, -0.1) is 0 Å². The minimum absolute atomic E-state index is 0.583. The molecule has 2 fully saturated rings. The quantitative estimate of drug-likeness (QED) is 0.546. The van der Waals surface area contributed by atoms with Gasteiger partial charge in [-0.25, -0.2) is 0 Å². The third kappa shape index (κ3) is 4.59. The summed E-state index contributed by atoms with van der Waals surface area (Å²) >= 11 is 0. The van der Waals surface area contributed by atoms with Crippen molar-refractivity contribution in [1.29, 1.82) is 0 Å². The van der Waals surface area contributed by atoms with Crippen LogP contribution in [0.15, 0.2) is 0 Å². The predicted octanol–water partition coefficient (Wildman–Crippen LogP) is 3.76. The van der Waals surface area contributed by atoms with Gasteiger partial charge in [0.1, 0.15) is 0 Å². The lowest BCUT2D eigenvalue weighted by Gasteiger charge is -2.25. The van der Waals surface area contributed by atoms with Gasteiger partial charge in [0.15, 0.2) is 0 Å². The maximum Gasteiger partial charge on any atom is 0.0213 e. The molecule has 2 aliphatic rings. The molecule has 0 radical (unpaired) electrons. The molecule has 0 aromatic heterocycles. The van der Waals surface area contributed by atoms with Crippen molar-refractivity contribution in [2.24, 2.45) is 17.7 Å². The van der Waals surface area contributed by atoms with Crippen LogP contribution >= 0.6 is 0 Å². The zero-order chi connectivity index (χ0) is 11.9. The first-order valence-corrected chi connectivity index (χ1v) is 7.84. The maximum atomic E-state index is 5.72. The summed E-state index contributed by atoms with van der Waals surface area (Å²) < 4.78 is 0. The molecular formula is C15H30N2. The Morgan fingerprint density at radius 1 is 0.882 bits per heavy atom. The Kier molecular flexibility index (Phi) is 5.79. The molecule has 3 N–H and O–H groups in total. The monoisotopic (exact) mass is 238 g/mol. The molecule has 1 unspecified atom stereocenters. The van der Waals surface area contributed by atoms with E-state index >= 15 is 0 Å². The molecule has 2 heteroatoms. The third-order valence-electron chi connectivity index (χ3n) is 4.98. The highest BCUT2D eigenvalue weighted by Crippen LogP contribution is 2.31. The molecule has 0 aromatic carbocycles. The zero-order valence-electron chi connectivity index (χ0n) is 11.3. The van der Waals surface area contributed by atoms with Crippen LogP contribution in [-0.2, 0) is 0 Å². The summed E-state index contributed by atoms with van der Waals surface area (Å²) in [7, 11) is 0. The van der Waals surface area contributed by atoms with Crippen molar-refractivity contribution in [1.82, 2.24) is 5.43 Å². The summed E-state index contributed by atoms with van der Waals surface area (Å²) in [5.41, 5.74) is 3.07. The number of hydrazine groups is 1. The molecule has 2 aliphatic carbocycles. The van der Waals surface area contributed by atoms with E-state index in [1.807, 2.05) is 0 Å². The zero-order valence-corrected chi connectivity index (χ0v) is 11.3. The van der Waals surface area contributed by atoms with E-state index < -0.39 is 0 Å². The van der Waals surface area contributed by atoms with E-state index in [0.29, 0.717) is 6.04 Å². The van der Waals surface area contributed by atoms with Gasteiger partial charge in [-0.1, -0.05) is 57.8 Å². The Labute approximate surface area is 107 Å². The van der Waals surface area contributed by atoms with Crippen LogP contribution in [0.5, 0.6) is 0 Å². The average molecular weight is 238 g/mol. The van der Waals surface area contributed by atoms with Crippen LogP contribution in [-0.4, -0.2) is 6.04 Å². The van der Waals surface area contributed by atoms with Gasteiger partial charge in [0.05, 0.1) is 0 Å². The number of hydrogen-bond donors (Lipinski definition) is 2. The fourth-order valence-corrected chi connectivity index (χ4v) is 3.83. The third-order valence-corrected chi connectivity index (χ3v) is 4.98. The molecule has 0 heterocycles. The van der Waals surface area contributed by atoms with Crippen LogP contribution in [0.4, 0.5) is 0 Å². The molecule has 2 nitrogen and oxygen atoms in total. The smallest absolute Gasteiger partial charge is 0.0213 e. The van der Waals surface area contributed by atoms with Crippen LogP contribution in [0.25, 0.3) is 0 Å². The van der Waals surface area contributed by atoms with Crippen LogP contribution in [0, 0.1) is 11.8 Å². The lowest BCUT2D eigenvalue weighted by atomic mass is 9.84. The van der Waals surface area contributed by atoms with E-state index in [9.17, 15) is 0 Å². The highest BCUT2D eigenvalue weighted by atomic mass is 15.2. The second-order valence-corrected chi connectivity index (χ2v) is 6.33. The Bertz CT molecular complexity index is 193. The Morgan fingerprint density at radius 3 is 2.12 bits per heavy atom. The van der Waals surface area contributed by atoms with Crippen LogP contribution in [0.2, 0.25) is 0 Å². The molecule has 2 rings (SSSR count). The first-order valence-electron chi connectivity index (χ1n) is 7.84. The summed E-state index contributed by atoms with van der Waals surface area (Å²) in [4.78, 5) is 0. The van der Waals surface area contributed by atoms with Gasteiger partial charge in [-0.2, -0.15) is 0 Å². The minimum atomic E-state index is 0.583. The predicted molar refractivity (Wildman–Crippen MR) is 73.5 cm³/mol. The second kappa shape index (κ2) is 7.38. The Morgan fingerprint density at radius 2 is 1.47 bits per heavy atom. The fourth-order valence-electron chi connectivity index (χ4n) is 3.83. The van der Waals surface area contributed by atoms with E-state index in [2.05, 4.69) is 5.43 Å². The summed E-state index contributed by atoms with van der Waals surface area (Å²) in [6.45, 7) is 0. The highest BCUT2D eigenvalue weighted by Gasteiger charge is 2.21. The minimum Gasteiger partial charge on any atom is -0.271 e. The van der Waals surface area contributed by atoms with Crippen molar-refractivity contribution >= 4 is 0 Å². The van der Waals surface area contributed by atoms with E-state index in [-0.39, 0.29) is 0 Å². The molecule has 1 atom stereocenters. The first-order chi connectivity index (χ1) is 8.38. The van der Waals surface area contributed by atoms with E-state index in [4.69, 9.17) is 5.84 Å². The lowest BCUT2D eigenvalue weighted by molar-refractivity contribution is 0.295. The van der Waals surface area contributed by atoms with Crippen molar-refractivity contribution in [3.8, 4) is 0 Å². The van der Waals surface area contributed by atoms with Gasteiger partial charge < -0.3 is 0 Å². The van der Waals surface area contributed by atoms with Gasteiger partial charge >= 0.3 is 0 Å². The number of nitrogens with two attached hydrogens (primary N) is 1. The summed E-state index contributed by atoms with van der Waals surface area (Å²) in [6.07, 6.45) is 17.2. The van der Waals surface area contributed by atoms with Crippen molar-refractivity contribution in [3.63, 3.8) is 0 Å². The Balaban J connectivity index is 1.63. The van der Waals surface area contributed by atoms with Crippen molar-refractivity contribution in [2.45, 2.75) is 83.1 Å². The number of hydrogen-bond acceptors (Lipinski definition) is 2. The Hall–Kier alpha value is -0.0800. The van der Waals surface area contributed by atoms with E-state index in [1.165, 1.54) is 77.0 Å². The topological polar surface area (TPSA) is 38.0 Å². The van der Waals surface area contributed by atoms with Gasteiger partial charge in [0.2, 0.25) is 0 Å². The molecule has 0 aliphatic heterocycles. The van der Waals surface area contributed by atoms with Gasteiger partial charge in [-0.05, 0) is 31.1 Å². The molecular weight excluding hydrogens is 208 g/mol. The van der Waals surface area contributed by atoms with Gasteiger partial charge in [0, 0.05) is 6.04 Å². The van der Waals surface area contributed by atoms with Gasteiger partial charge in [-0.3, -0.25) is 11.3 Å². The van der Waals surface area contributed by atoms with Crippen molar-refractivity contribution in [3.05, 3.63) is 0 Å². The molecule has 100 valence electrons. The van der Waals surface area contributed by atoms with E-state index in [0.717, 1.165) is 11.8 Å². The lowest BCUT2D eigenvalue weighted by Crippen LogP contribution is -2.36. The van der Waals surface area contributed by atoms with Crippen molar-refractivity contribution < 1.29 is 0 Å². The molecule has 0 bridgehead atoms. The van der Waals surface area contributed by atoms with Gasteiger partial charge in [0.25, 0.3) is 0 Å². The summed E-state index contributed by atoms with van der Waals surface area (Å²) in [5.74, 6) is 7.68. The number of rotatable bonds is 6. The molecule has 17 heavy (non-hydrogen) atoms. The van der Waals surface area contributed by atoms with Crippen molar-refractivity contribution in [2.75, 3.05) is 0 Å². The SMILES string of the molecule is NNC(CCC1CCCCC1)CC1CCCC1. The van der Waals surface area contributed by atoms with Crippen LogP contribution in [0.1, 0.15) is 77.0 Å². The van der Waals surface area contributed by atoms with E-state index in [1.54, 1.807) is 0 Å².